The van der Waals surface area contributed by atoms with E-state index in [9.17, 15) is 9.59 Å². The lowest BCUT2D eigenvalue weighted by Gasteiger charge is -2.15. The van der Waals surface area contributed by atoms with Gasteiger partial charge in [-0.3, -0.25) is 0 Å². The van der Waals surface area contributed by atoms with E-state index in [-0.39, 0.29) is 28.7 Å². The lowest BCUT2D eigenvalue weighted by Crippen LogP contribution is -2.22. The van der Waals surface area contributed by atoms with Gasteiger partial charge in [0.15, 0.2) is 17.6 Å². The van der Waals surface area contributed by atoms with Crippen molar-refractivity contribution < 1.29 is 28.9 Å². The molecule has 1 fully saturated rings. The zero-order valence-electron chi connectivity index (χ0n) is 10.5. The second-order valence-electron chi connectivity index (χ2n) is 4.01. The van der Waals surface area contributed by atoms with E-state index in [4.69, 9.17) is 30.9 Å². The summed E-state index contributed by atoms with van der Waals surface area (Å²) in [6, 6.07) is 2.71. The molecule has 1 unspecified atom stereocenters. The number of rotatable bonds is 5. The highest BCUT2D eigenvalue weighted by atomic mass is 35.5. The van der Waals surface area contributed by atoms with Gasteiger partial charge < -0.3 is 24.6 Å². The molecular formula is C12H12ClNO6. The molecule has 0 bridgehead atoms. The number of amides is 1. The molecule has 2 N–H and O–H groups in total. The van der Waals surface area contributed by atoms with E-state index in [2.05, 4.69) is 5.32 Å². The average molecular weight is 302 g/mol. The van der Waals surface area contributed by atoms with Gasteiger partial charge in [-0.25, -0.2) is 9.59 Å². The summed E-state index contributed by atoms with van der Waals surface area (Å²) in [5, 5.41) is 11.8. The molecule has 1 saturated heterocycles. The number of alkyl carbamates (subject to hydrolysis) is 1. The molecule has 8 heteroatoms. The van der Waals surface area contributed by atoms with Crippen LogP contribution in [0, 0.1) is 0 Å². The maximum atomic E-state index is 11.2. The summed E-state index contributed by atoms with van der Waals surface area (Å²) in [6.07, 6.45) is -1.01. The lowest BCUT2D eigenvalue weighted by molar-refractivity contribution is 0.0682. The van der Waals surface area contributed by atoms with Crippen molar-refractivity contribution in [1.82, 2.24) is 5.32 Å². The average Bonchev–Trinajstić information content (AvgIpc) is 2.81. The normalized spacial score (nSPS) is 17.3. The van der Waals surface area contributed by atoms with E-state index in [1.807, 2.05) is 0 Å². The van der Waals surface area contributed by atoms with Crippen molar-refractivity contribution in [3.05, 3.63) is 22.7 Å². The number of carbonyl (C=O) groups is 2. The number of benzene rings is 1. The first-order valence-electron chi connectivity index (χ1n) is 5.69. The number of nitrogens with one attached hydrogen (secondary N) is 1. The van der Waals surface area contributed by atoms with Crippen LogP contribution in [0.15, 0.2) is 12.1 Å². The molecule has 1 aromatic carbocycles. The topological polar surface area (TPSA) is 94.1 Å². The SMILES string of the molecule is COc1cc(Cl)cc(C(=O)O)c1OCC1CNC(=O)O1. The van der Waals surface area contributed by atoms with Crippen molar-refractivity contribution in [2.45, 2.75) is 6.10 Å². The Labute approximate surface area is 119 Å². The van der Waals surface area contributed by atoms with Crippen molar-refractivity contribution in [2.24, 2.45) is 0 Å². The molecule has 0 spiro atoms. The van der Waals surface area contributed by atoms with Crippen LogP contribution in [0.5, 0.6) is 11.5 Å². The summed E-state index contributed by atoms with van der Waals surface area (Å²) >= 11 is 5.81. The molecule has 1 atom stereocenters. The van der Waals surface area contributed by atoms with Crippen LogP contribution in [0.4, 0.5) is 4.79 Å². The molecule has 1 amide bonds. The number of carboxylic acids is 1. The van der Waals surface area contributed by atoms with Gasteiger partial charge in [0.2, 0.25) is 0 Å². The number of methoxy groups -OCH3 is 1. The molecule has 1 aliphatic rings. The molecule has 0 radical (unpaired) electrons. The highest BCUT2D eigenvalue weighted by Gasteiger charge is 2.25. The van der Waals surface area contributed by atoms with E-state index >= 15 is 0 Å². The first-order valence-corrected chi connectivity index (χ1v) is 6.07. The summed E-state index contributed by atoms with van der Waals surface area (Å²) in [5.74, 6) is -0.943. The maximum absolute atomic E-state index is 11.2. The van der Waals surface area contributed by atoms with Crippen LogP contribution in [0.2, 0.25) is 5.02 Å². The molecule has 1 heterocycles. The summed E-state index contributed by atoms with van der Waals surface area (Å²) in [4.78, 5) is 22.1. The van der Waals surface area contributed by atoms with E-state index in [0.29, 0.717) is 6.54 Å². The van der Waals surface area contributed by atoms with Gasteiger partial charge in [0.05, 0.1) is 13.7 Å². The van der Waals surface area contributed by atoms with Crippen molar-refractivity contribution in [3.8, 4) is 11.5 Å². The minimum Gasteiger partial charge on any atom is -0.493 e. The van der Waals surface area contributed by atoms with Crippen LogP contribution in [0.25, 0.3) is 0 Å². The molecule has 0 aromatic heterocycles. The Morgan fingerprint density at radius 3 is 2.90 bits per heavy atom. The fraction of sp³-hybridized carbons (Fsp3) is 0.333. The third-order valence-corrected chi connectivity index (χ3v) is 2.85. The second kappa shape index (κ2) is 5.87. The molecule has 7 nitrogen and oxygen atoms in total. The highest BCUT2D eigenvalue weighted by molar-refractivity contribution is 6.31. The van der Waals surface area contributed by atoms with Crippen LogP contribution in [0.1, 0.15) is 10.4 Å². The Morgan fingerprint density at radius 2 is 2.35 bits per heavy atom. The van der Waals surface area contributed by atoms with Gasteiger partial charge >= 0.3 is 12.1 Å². The molecule has 2 rings (SSSR count). The number of cyclic esters (lactones) is 1. The van der Waals surface area contributed by atoms with Gasteiger partial charge in [-0.1, -0.05) is 11.6 Å². The van der Waals surface area contributed by atoms with Crippen molar-refractivity contribution in [1.29, 1.82) is 0 Å². The van der Waals surface area contributed by atoms with E-state index in [0.717, 1.165) is 0 Å². The fourth-order valence-electron chi connectivity index (χ4n) is 1.73. The van der Waals surface area contributed by atoms with E-state index in [1.165, 1.54) is 19.2 Å². The zero-order chi connectivity index (χ0) is 14.7. The number of carboxylic acid groups (broad SMARTS) is 1. The highest BCUT2D eigenvalue weighted by Crippen LogP contribution is 2.35. The first kappa shape index (κ1) is 14.3. The monoisotopic (exact) mass is 301 g/mol. The fourth-order valence-corrected chi connectivity index (χ4v) is 1.94. The largest absolute Gasteiger partial charge is 0.493 e. The number of hydrogen-bond donors (Lipinski definition) is 2. The molecular weight excluding hydrogens is 290 g/mol. The minimum atomic E-state index is -1.19. The predicted molar refractivity (Wildman–Crippen MR) is 68.7 cm³/mol. The number of hydrogen-bond acceptors (Lipinski definition) is 5. The van der Waals surface area contributed by atoms with Gasteiger partial charge in [-0.05, 0) is 6.07 Å². The number of aromatic carboxylic acids is 1. The van der Waals surface area contributed by atoms with Gasteiger partial charge in [-0.2, -0.15) is 0 Å². The Morgan fingerprint density at radius 1 is 1.60 bits per heavy atom. The Hall–Kier alpha value is -2.15. The van der Waals surface area contributed by atoms with Crippen molar-refractivity contribution >= 4 is 23.7 Å². The maximum Gasteiger partial charge on any atom is 0.407 e. The molecule has 108 valence electrons. The third-order valence-electron chi connectivity index (χ3n) is 2.63. The summed E-state index contributed by atoms with van der Waals surface area (Å²) in [6.45, 7) is 0.314. The summed E-state index contributed by atoms with van der Waals surface area (Å²) < 4.78 is 15.4. The Balaban J connectivity index is 2.20. The van der Waals surface area contributed by atoms with Crippen molar-refractivity contribution in [2.75, 3.05) is 20.3 Å². The van der Waals surface area contributed by atoms with Gasteiger partial charge in [-0.15, -0.1) is 0 Å². The Bertz CT molecular complexity index is 547. The molecule has 0 saturated carbocycles. The van der Waals surface area contributed by atoms with E-state index < -0.39 is 18.2 Å². The lowest BCUT2D eigenvalue weighted by atomic mass is 10.2. The van der Waals surface area contributed by atoms with Gasteiger partial charge in [0.25, 0.3) is 0 Å². The van der Waals surface area contributed by atoms with Crippen molar-refractivity contribution in [3.63, 3.8) is 0 Å². The number of ether oxygens (including phenoxy) is 3. The second-order valence-corrected chi connectivity index (χ2v) is 4.45. The molecule has 0 aliphatic carbocycles. The van der Waals surface area contributed by atoms with E-state index in [1.54, 1.807) is 0 Å². The summed E-state index contributed by atoms with van der Waals surface area (Å²) in [5.41, 5.74) is -0.119. The number of halogens is 1. The zero-order valence-corrected chi connectivity index (χ0v) is 11.3. The number of carbonyl (C=O) groups excluding carboxylic acids is 1. The van der Waals surface area contributed by atoms with Gasteiger partial charge in [0.1, 0.15) is 12.2 Å². The van der Waals surface area contributed by atoms with Crippen LogP contribution in [0.3, 0.4) is 0 Å². The standard InChI is InChI=1S/C12H12ClNO6/c1-18-9-3-6(13)2-8(11(15)16)10(9)19-5-7-4-14-12(17)20-7/h2-3,7H,4-5H2,1H3,(H,14,17)(H,15,16). The van der Waals surface area contributed by atoms with Crippen LogP contribution >= 0.6 is 11.6 Å². The Kier molecular flexibility index (Phi) is 4.19. The van der Waals surface area contributed by atoms with Gasteiger partial charge in [0, 0.05) is 11.1 Å². The molecule has 1 aromatic rings. The van der Waals surface area contributed by atoms with Crippen LogP contribution in [-0.2, 0) is 4.74 Å². The van der Waals surface area contributed by atoms with Crippen LogP contribution in [-0.4, -0.2) is 43.5 Å². The first-order chi connectivity index (χ1) is 9.51. The predicted octanol–water partition coefficient (Wildman–Crippen LogP) is 1.53. The van der Waals surface area contributed by atoms with Crippen LogP contribution < -0.4 is 14.8 Å². The smallest absolute Gasteiger partial charge is 0.407 e. The molecule has 20 heavy (non-hydrogen) atoms. The summed E-state index contributed by atoms with van der Waals surface area (Å²) in [7, 11) is 1.38. The minimum absolute atomic E-state index is 0.0109. The molecule has 1 aliphatic heterocycles. The third kappa shape index (κ3) is 3.05. The quantitative estimate of drug-likeness (QED) is 0.856.